The molecule has 10 heteroatoms. The molecule has 0 unspecified atom stereocenters. The van der Waals surface area contributed by atoms with Crippen molar-refractivity contribution in [2.75, 3.05) is 13.2 Å². The van der Waals surface area contributed by atoms with Crippen molar-refractivity contribution in [3.63, 3.8) is 0 Å². The van der Waals surface area contributed by atoms with Gasteiger partial charge < -0.3 is 28.4 Å². The van der Waals surface area contributed by atoms with E-state index >= 15 is 0 Å². The molecule has 32 heavy (non-hydrogen) atoms. The summed E-state index contributed by atoms with van der Waals surface area (Å²) in [5, 5.41) is 0. The highest BCUT2D eigenvalue weighted by Gasteiger charge is 2.52. The largest absolute Gasteiger partial charge is 0.463 e. The molecule has 0 aromatic rings. The van der Waals surface area contributed by atoms with E-state index in [1.165, 1.54) is 34.1 Å². The van der Waals surface area contributed by atoms with E-state index in [0.29, 0.717) is 6.61 Å². The SMILES string of the molecule is CCCCCCCCO[C@H]1O[C@@H](COC(C)=O)[C@H](OC(C)=O)[C@@H](OC(C)=O)[C@@H]1OC(C)=O. The lowest BCUT2D eigenvalue weighted by molar-refractivity contribution is -0.308. The Morgan fingerprint density at radius 2 is 1.22 bits per heavy atom. The quantitative estimate of drug-likeness (QED) is 0.230. The number of rotatable bonds is 13. The van der Waals surface area contributed by atoms with Crippen LogP contribution in [-0.4, -0.2) is 67.8 Å². The highest BCUT2D eigenvalue weighted by Crippen LogP contribution is 2.30. The maximum Gasteiger partial charge on any atom is 0.303 e. The van der Waals surface area contributed by atoms with Crippen LogP contribution in [0.2, 0.25) is 0 Å². The first-order valence-corrected chi connectivity index (χ1v) is 11.1. The van der Waals surface area contributed by atoms with Gasteiger partial charge in [-0.3, -0.25) is 19.2 Å². The van der Waals surface area contributed by atoms with E-state index in [2.05, 4.69) is 6.92 Å². The third-order valence-electron chi connectivity index (χ3n) is 4.73. The molecule has 1 aliphatic rings. The molecule has 184 valence electrons. The number of hydrogen-bond acceptors (Lipinski definition) is 10. The van der Waals surface area contributed by atoms with Crippen molar-refractivity contribution in [2.24, 2.45) is 0 Å². The third-order valence-corrected chi connectivity index (χ3v) is 4.73. The Hall–Kier alpha value is -2.20. The Balaban J connectivity index is 3.01. The summed E-state index contributed by atoms with van der Waals surface area (Å²) in [5.41, 5.74) is 0. The zero-order valence-corrected chi connectivity index (χ0v) is 19.6. The minimum atomic E-state index is -1.20. The van der Waals surface area contributed by atoms with Crippen LogP contribution in [0.25, 0.3) is 0 Å². The van der Waals surface area contributed by atoms with Crippen LogP contribution in [0.3, 0.4) is 0 Å². The van der Waals surface area contributed by atoms with E-state index < -0.39 is 54.6 Å². The van der Waals surface area contributed by atoms with Gasteiger partial charge in [-0.15, -0.1) is 0 Å². The maximum absolute atomic E-state index is 11.8. The predicted molar refractivity (Wildman–Crippen MR) is 111 cm³/mol. The van der Waals surface area contributed by atoms with Gasteiger partial charge in [-0.25, -0.2) is 0 Å². The van der Waals surface area contributed by atoms with Crippen molar-refractivity contribution in [1.29, 1.82) is 0 Å². The van der Waals surface area contributed by atoms with E-state index in [1.54, 1.807) is 0 Å². The summed E-state index contributed by atoms with van der Waals surface area (Å²) in [6, 6.07) is 0. The summed E-state index contributed by atoms with van der Waals surface area (Å²) in [5.74, 6) is -2.56. The van der Waals surface area contributed by atoms with Gasteiger partial charge in [0.15, 0.2) is 24.6 Å². The fourth-order valence-electron chi connectivity index (χ4n) is 3.40. The van der Waals surface area contributed by atoms with E-state index in [9.17, 15) is 19.2 Å². The van der Waals surface area contributed by atoms with Crippen molar-refractivity contribution in [3.8, 4) is 0 Å². The molecule has 0 spiro atoms. The van der Waals surface area contributed by atoms with Crippen LogP contribution in [-0.2, 0) is 47.6 Å². The van der Waals surface area contributed by atoms with Crippen molar-refractivity contribution >= 4 is 23.9 Å². The van der Waals surface area contributed by atoms with Crippen molar-refractivity contribution in [1.82, 2.24) is 0 Å². The smallest absolute Gasteiger partial charge is 0.303 e. The predicted octanol–water partition coefficient (Wildman–Crippen LogP) is 2.45. The summed E-state index contributed by atoms with van der Waals surface area (Å²) < 4.78 is 32.8. The van der Waals surface area contributed by atoms with E-state index in [4.69, 9.17) is 28.4 Å². The van der Waals surface area contributed by atoms with Crippen LogP contribution in [0.5, 0.6) is 0 Å². The van der Waals surface area contributed by atoms with E-state index in [1.807, 2.05) is 0 Å². The molecule has 1 fully saturated rings. The Morgan fingerprint density at radius 1 is 0.688 bits per heavy atom. The van der Waals surface area contributed by atoms with Gasteiger partial charge in [0.25, 0.3) is 0 Å². The van der Waals surface area contributed by atoms with Crippen molar-refractivity contribution < 1.29 is 47.6 Å². The molecule has 0 saturated carbocycles. The van der Waals surface area contributed by atoms with Crippen LogP contribution in [0, 0.1) is 0 Å². The van der Waals surface area contributed by atoms with Gasteiger partial charge in [0.1, 0.15) is 12.7 Å². The zero-order valence-electron chi connectivity index (χ0n) is 19.6. The average Bonchev–Trinajstić information content (AvgIpc) is 2.68. The topological polar surface area (TPSA) is 124 Å². The van der Waals surface area contributed by atoms with Crippen LogP contribution < -0.4 is 0 Å². The molecule has 1 heterocycles. The monoisotopic (exact) mass is 460 g/mol. The number of unbranched alkanes of at least 4 members (excludes halogenated alkanes) is 5. The summed E-state index contributed by atoms with van der Waals surface area (Å²) in [4.78, 5) is 46.5. The second-order valence-corrected chi connectivity index (χ2v) is 7.71. The molecule has 1 rings (SSSR count). The number of esters is 4. The van der Waals surface area contributed by atoms with Crippen molar-refractivity contribution in [2.45, 2.75) is 104 Å². The van der Waals surface area contributed by atoms with Crippen LogP contribution in [0.4, 0.5) is 0 Å². The minimum Gasteiger partial charge on any atom is -0.463 e. The summed E-state index contributed by atoms with van der Waals surface area (Å²) in [7, 11) is 0. The lowest BCUT2D eigenvalue weighted by Gasteiger charge is -2.44. The first-order chi connectivity index (χ1) is 15.1. The molecule has 10 nitrogen and oxygen atoms in total. The van der Waals surface area contributed by atoms with Gasteiger partial charge in [-0.05, 0) is 6.42 Å². The van der Waals surface area contributed by atoms with E-state index in [-0.39, 0.29) is 6.61 Å². The Labute approximate surface area is 189 Å². The molecule has 0 amide bonds. The molecular formula is C22H36O10. The van der Waals surface area contributed by atoms with Crippen LogP contribution in [0.1, 0.15) is 73.1 Å². The van der Waals surface area contributed by atoms with Gasteiger partial charge in [0.2, 0.25) is 0 Å². The number of carbonyl (C=O) groups excluding carboxylic acids is 4. The highest BCUT2D eigenvalue weighted by atomic mass is 16.7. The average molecular weight is 461 g/mol. The molecule has 1 saturated heterocycles. The third kappa shape index (κ3) is 10.4. The number of carbonyl (C=O) groups is 4. The molecule has 0 aromatic carbocycles. The van der Waals surface area contributed by atoms with Gasteiger partial charge in [-0.2, -0.15) is 0 Å². The molecule has 0 bridgehead atoms. The number of ether oxygens (including phenoxy) is 6. The Kier molecular flexibility index (Phi) is 12.9. The molecular weight excluding hydrogens is 424 g/mol. The molecule has 1 aliphatic heterocycles. The molecule has 5 atom stereocenters. The fraction of sp³-hybridized carbons (Fsp3) is 0.818. The first-order valence-electron chi connectivity index (χ1n) is 11.1. The lowest BCUT2D eigenvalue weighted by Crippen LogP contribution is -2.63. The Morgan fingerprint density at radius 3 is 1.78 bits per heavy atom. The lowest BCUT2D eigenvalue weighted by atomic mass is 9.98. The molecule has 0 N–H and O–H groups in total. The fourth-order valence-corrected chi connectivity index (χ4v) is 3.40. The second-order valence-electron chi connectivity index (χ2n) is 7.71. The summed E-state index contributed by atoms with van der Waals surface area (Å²) in [6.45, 7) is 6.97. The zero-order chi connectivity index (χ0) is 24.1. The Bertz CT molecular complexity index is 620. The summed E-state index contributed by atoms with van der Waals surface area (Å²) >= 11 is 0. The standard InChI is InChI=1S/C22H36O10/c1-6-7-8-9-10-11-12-27-22-21(31-17(5)26)20(30-16(4)25)19(29-15(3)24)18(32-22)13-28-14(2)23/h18-22H,6-13H2,1-5H3/t18-,19-,20+,21-,22-/m0/s1. The van der Waals surface area contributed by atoms with Crippen LogP contribution >= 0.6 is 0 Å². The maximum atomic E-state index is 11.8. The second kappa shape index (κ2) is 14.8. The van der Waals surface area contributed by atoms with E-state index in [0.717, 1.165) is 32.1 Å². The van der Waals surface area contributed by atoms with Crippen molar-refractivity contribution in [3.05, 3.63) is 0 Å². The number of hydrogen-bond donors (Lipinski definition) is 0. The molecule has 0 aromatic heterocycles. The van der Waals surface area contributed by atoms with Gasteiger partial charge in [0.05, 0.1) is 0 Å². The molecule has 0 aliphatic carbocycles. The van der Waals surface area contributed by atoms with Gasteiger partial charge in [-0.1, -0.05) is 39.0 Å². The normalized spacial score (nSPS) is 25.0. The van der Waals surface area contributed by atoms with Crippen LogP contribution in [0.15, 0.2) is 0 Å². The first kappa shape index (κ1) is 27.8. The molecule has 0 radical (unpaired) electrons. The minimum absolute atomic E-state index is 0.269. The van der Waals surface area contributed by atoms with Gasteiger partial charge in [0, 0.05) is 34.3 Å². The summed E-state index contributed by atoms with van der Waals surface area (Å²) in [6.07, 6.45) is 0.641. The highest BCUT2D eigenvalue weighted by molar-refractivity contribution is 5.68. The van der Waals surface area contributed by atoms with Gasteiger partial charge >= 0.3 is 23.9 Å².